The number of fused-ring (bicyclic) bond motifs is 2. The molecule has 0 N–H and O–H groups in total. The van der Waals surface area contributed by atoms with Gasteiger partial charge in [-0.15, -0.1) is 0 Å². The fourth-order valence-electron chi connectivity index (χ4n) is 4.13. The van der Waals surface area contributed by atoms with Crippen molar-refractivity contribution in [1.29, 1.82) is 0 Å². The first-order chi connectivity index (χ1) is 13.7. The van der Waals surface area contributed by atoms with Gasteiger partial charge >= 0.3 is 0 Å². The number of para-hydroxylation sites is 1. The molecule has 8 heteroatoms. The summed E-state index contributed by atoms with van der Waals surface area (Å²) in [4.78, 5) is 19.3. The average Bonchev–Trinajstić information content (AvgIpc) is 3.31. The molecule has 28 heavy (non-hydrogen) atoms. The topological polar surface area (TPSA) is 70.6 Å². The molecule has 0 radical (unpaired) electrons. The zero-order chi connectivity index (χ0) is 19.1. The molecular weight excluding hydrogens is 356 g/mol. The first kappa shape index (κ1) is 17.2. The van der Waals surface area contributed by atoms with Crippen molar-refractivity contribution in [2.24, 2.45) is 0 Å². The zero-order valence-electron chi connectivity index (χ0n) is 16.0. The molecule has 3 aromatic rings. The fraction of sp³-hybridized carbons (Fsp3) is 0.450. The second-order valence-corrected chi connectivity index (χ2v) is 7.52. The summed E-state index contributed by atoms with van der Waals surface area (Å²) < 4.78 is 7.27. The van der Waals surface area contributed by atoms with Gasteiger partial charge in [0.05, 0.1) is 17.6 Å². The van der Waals surface area contributed by atoms with Gasteiger partial charge in [-0.2, -0.15) is 5.10 Å². The molecule has 0 atom stereocenters. The zero-order valence-corrected chi connectivity index (χ0v) is 16.0. The van der Waals surface area contributed by atoms with Gasteiger partial charge in [0, 0.05) is 45.8 Å². The van der Waals surface area contributed by atoms with Gasteiger partial charge in [-0.05, 0) is 25.1 Å². The van der Waals surface area contributed by atoms with Crippen molar-refractivity contribution >= 4 is 22.7 Å². The molecule has 0 unspecified atom stereocenters. The molecule has 0 aliphatic carbocycles. The number of aryl methyl sites for hydroxylation is 1. The highest BCUT2D eigenvalue weighted by atomic mass is 16.5. The third-order valence-electron chi connectivity index (χ3n) is 5.71. The Balaban J connectivity index is 1.17. The fourth-order valence-corrected chi connectivity index (χ4v) is 4.13. The Kier molecular flexibility index (Phi) is 4.27. The summed E-state index contributed by atoms with van der Waals surface area (Å²) in [6, 6.07) is 9.87. The predicted octanol–water partition coefficient (Wildman–Crippen LogP) is 1.61. The van der Waals surface area contributed by atoms with Crippen LogP contribution in [0.2, 0.25) is 0 Å². The van der Waals surface area contributed by atoms with E-state index in [1.165, 1.54) is 0 Å². The minimum Gasteiger partial charge on any atom is -0.354 e. The van der Waals surface area contributed by atoms with E-state index in [0.717, 1.165) is 74.8 Å². The van der Waals surface area contributed by atoms with Crippen molar-refractivity contribution in [3.8, 4) is 0 Å². The number of benzene rings is 1. The standard InChI is InChI=1S/C20H24N6O2/c1-15-14-17-20(27)25(12-13-26(17)21-15)11-8-23-6-9-24(10-7-23)19-16-4-2-3-5-18(16)28-22-19/h2-5,14H,6-13H2,1H3. The van der Waals surface area contributed by atoms with Crippen LogP contribution >= 0.6 is 0 Å². The molecule has 1 saturated heterocycles. The smallest absolute Gasteiger partial charge is 0.272 e. The maximum absolute atomic E-state index is 12.7. The van der Waals surface area contributed by atoms with E-state index in [-0.39, 0.29) is 5.91 Å². The Hall–Kier alpha value is -2.87. The van der Waals surface area contributed by atoms with Gasteiger partial charge in [-0.3, -0.25) is 14.4 Å². The monoisotopic (exact) mass is 380 g/mol. The van der Waals surface area contributed by atoms with Gasteiger partial charge in [-0.1, -0.05) is 17.3 Å². The average molecular weight is 380 g/mol. The lowest BCUT2D eigenvalue weighted by molar-refractivity contribution is 0.0673. The van der Waals surface area contributed by atoms with E-state index in [1.807, 2.05) is 40.8 Å². The lowest BCUT2D eigenvalue weighted by atomic mass is 10.2. The van der Waals surface area contributed by atoms with Crippen LogP contribution in [0.15, 0.2) is 34.9 Å². The summed E-state index contributed by atoms with van der Waals surface area (Å²) in [6.45, 7) is 8.84. The molecule has 2 aliphatic rings. The maximum Gasteiger partial charge on any atom is 0.272 e. The minimum atomic E-state index is 0.0968. The van der Waals surface area contributed by atoms with Crippen LogP contribution in [0.5, 0.6) is 0 Å². The Morgan fingerprint density at radius 1 is 1.04 bits per heavy atom. The summed E-state index contributed by atoms with van der Waals surface area (Å²) >= 11 is 0. The highest BCUT2D eigenvalue weighted by Crippen LogP contribution is 2.26. The number of rotatable bonds is 4. The number of amides is 1. The van der Waals surface area contributed by atoms with Crippen molar-refractivity contribution in [3.63, 3.8) is 0 Å². The summed E-state index contributed by atoms with van der Waals surface area (Å²) in [6.07, 6.45) is 0. The Labute approximate surface area is 163 Å². The molecule has 1 fully saturated rings. The number of nitrogens with zero attached hydrogens (tertiary/aromatic N) is 6. The van der Waals surface area contributed by atoms with Crippen LogP contribution in [-0.2, 0) is 6.54 Å². The molecule has 0 bridgehead atoms. The van der Waals surface area contributed by atoms with E-state index in [4.69, 9.17) is 4.52 Å². The number of piperazine rings is 1. The Bertz CT molecular complexity index is 1000. The van der Waals surface area contributed by atoms with Gasteiger partial charge in [0.2, 0.25) is 0 Å². The van der Waals surface area contributed by atoms with Crippen molar-refractivity contribution in [2.75, 3.05) is 50.7 Å². The molecule has 0 saturated carbocycles. The van der Waals surface area contributed by atoms with E-state index < -0.39 is 0 Å². The molecule has 1 amide bonds. The van der Waals surface area contributed by atoms with Gasteiger partial charge in [0.1, 0.15) is 5.69 Å². The second-order valence-electron chi connectivity index (χ2n) is 7.52. The van der Waals surface area contributed by atoms with Gasteiger partial charge in [-0.25, -0.2) is 0 Å². The molecule has 0 spiro atoms. The number of aromatic nitrogens is 3. The maximum atomic E-state index is 12.7. The first-order valence-electron chi connectivity index (χ1n) is 9.84. The van der Waals surface area contributed by atoms with E-state index in [2.05, 4.69) is 26.1 Å². The van der Waals surface area contributed by atoms with E-state index >= 15 is 0 Å². The summed E-state index contributed by atoms with van der Waals surface area (Å²) in [5, 5.41) is 9.72. The molecule has 1 aromatic carbocycles. The van der Waals surface area contributed by atoms with Gasteiger partial charge < -0.3 is 14.3 Å². The van der Waals surface area contributed by atoms with Crippen LogP contribution in [0.3, 0.4) is 0 Å². The lowest BCUT2D eigenvalue weighted by Gasteiger charge is -2.36. The second kappa shape index (κ2) is 6.94. The molecule has 8 nitrogen and oxygen atoms in total. The third kappa shape index (κ3) is 3.03. The van der Waals surface area contributed by atoms with Crippen LogP contribution in [0.1, 0.15) is 16.2 Å². The van der Waals surface area contributed by atoms with Gasteiger partial charge in [0.25, 0.3) is 5.91 Å². The SMILES string of the molecule is Cc1cc2n(n1)CCN(CCN1CCN(c3noc4ccccc34)CC1)C2=O. The summed E-state index contributed by atoms with van der Waals surface area (Å²) in [5.74, 6) is 1.03. The lowest BCUT2D eigenvalue weighted by Crippen LogP contribution is -2.50. The summed E-state index contributed by atoms with van der Waals surface area (Å²) in [7, 11) is 0. The normalized spacial score (nSPS) is 18.1. The van der Waals surface area contributed by atoms with Crippen LogP contribution in [0, 0.1) is 6.92 Å². The first-order valence-corrected chi connectivity index (χ1v) is 9.84. The Morgan fingerprint density at radius 2 is 1.86 bits per heavy atom. The van der Waals surface area contributed by atoms with Crippen molar-refractivity contribution in [3.05, 3.63) is 41.7 Å². The number of carbonyl (C=O) groups is 1. The Morgan fingerprint density at radius 3 is 2.71 bits per heavy atom. The molecule has 5 rings (SSSR count). The number of anilines is 1. The van der Waals surface area contributed by atoms with E-state index in [0.29, 0.717) is 5.69 Å². The minimum absolute atomic E-state index is 0.0968. The van der Waals surface area contributed by atoms with Crippen LogP contribution in [0.25, 0.3) is 11.0 Å². The van der Waals surface area contributed by atoms with Crippen molar-refractivity contribution < 1.29 is 9.32 Å². The third-order valence-corrected chi connectivity index (χ3v) is 5.71. The summed E-state index contributed by atoms with van der Waals surface area (Å²) in [5.41, 5.74) is 2.45. The molecule has 4 heterocycles. The highest BCUT2D eigenvalue weighted by Gasteiger charge is 2.27. The van der Waals surface area contributed by atoms with E-state index in [9.17, 15) is 4.79 Å². The highest BCUT2D eigenvalue weighted by molar-refractivity contribution is 5.93. The van der Waals surface area contributed by atoms with Crippen molar-refractivity contribution in [2.45, 2.75) is 13.5 Å². The molecular formula is C20H24N6O2. The number of carbonyl (C=O) groups excluding carboxylic acids is 1. The predicted molar refractivity (Wildman–Crippen MR) is 106 cm³/mol. The molecule has 2 aromatic heterocycles. The van der Waals surface area contributed by atoms with Crippen LogP contribution in [-0.4, -0.2) is 76.5 Å². The molecule has 146 valence electrons. The van der Waals surface area contributed by atoms with Crippen LogP contribution in [0.4, 0.5) is 5.82 Å². The van der Waals surface area contributed by atoms with Crippen molar-refractivity contribution in [1.82, 2.24) is 24.7 Å². The van der Waals surface area contributed by atoms with E-state index in [1.54, 1.807) is 0 Å². The number of hydrogen-bond acceptors (Lipinski definition) is 6. The van der Waals surface area contributed by atoms with Crippen LogP contribution < -0.4 is 4.90 Å². The quantitative estimate of drug-likeness (QED) is 0.685. The number of hydrogen-bond donors (Lipinski definition) is 0. The largest absolute Gasteiger partial charge is 0.354 e. The molecule has 2 aliphatic heterocycles. The van der Waals surface area contributed by atoms with Gasteiger partial charge in [0.15, 0.2) is 11.4 Å².